The van der Waals surface area contributed by atoms with Crippen molar-refractivity contribution in [2.45, 2.75) is 6.92 Å². The molecule has 1 aromatic heterocycles. The summed E-state index contributed by atoms with van der Waals surface area (Å²) in [5, 5.41) is 6.25. The van der Waals surface area contributed by atoms with Gasteiger partial charge in [-0.3, -0.25) is 14.8 Å². The van der Waals surface area contributed by atoms with Crippen LogP contribution in [0.25, 0.3) is 0 Å². The molecule has 0 saturated carbocycles. The molecule has 1 aliphatic rings. The van der Waals surface area contributed by atoms with Crippen molar-refractivity contribution in [3.63, 3.8) is 0 Å². The van der Waals surface area contributed by atoms with Crippen LogP contribution in [0.5, 0.6) is 5.75 Å². The van der Waals surface area contributed by atoms with Gasteiger partial charge in [-0.25, -0.2) is 0 Å². The van der Waals surface area contributed by atoms with Crippen LogP contribution in [0.4, 0.5) is 5.69 Å². The van der Waals surface area contributed by atoms with Crippen molar-refractivity contribution in [1.82, 2.24) is 20.5 Å². The molecule has 0 spiro atoms. The molecule has 3 rings (SSSR count). The van der Waals surface area contributed by atoms with Crippen LogP contribution in [-0.4, -0.2) is 74.7 Å². The maximum atomic E-state index is 12.1. The summed E-state index contributed by atoms with van der Waals surface area (Å²) < 4.78 is 5.34. The van der Waals surface area contributed by atoms with Crippen molar-refractivity contribution >= 4 is 41.5 Å². The molecule has 1 amide bonds. The highest BCUT2D eigenvalue weighted by Crippen LogP contribution is 2.22. The fourth-order valence-corrected chi connectivity index (χ4v) is 3.34. The number of hydrogen-bond acceptors (Lipinski definition) is 5. The Kier molecular flexibility index (Phi) is 10.3. The molecular weight excluding hydrogens is 507 g/mol. The number of methoxy groups -OCH3 is 1. The van der Waals surface area contributed by atoms with Gasteiger partial charge in [-0.05, 0) is 31.2 Å². The number of carbonyl (C=O) groups is 1. The Hall–Kier alpha value is -2.56. The quantitative estimate of drug-likeness (QED) is 0.244. The van der Waals surface area contributed by atoms with E-state index in [4.69, 9.17) is 9.73 Å². The van der Waals surface area contributed by atoms with Crippen molar-refractivity contribution in [3.05, 3.63) is 54.4 Å². The van der Waals surface area contributed by atoms with E-state index in [2.05, 4.69) is 44.5 Å². The number of halogens is 1. The van der Waals surface area contributed by atoms with Gasteiger partial charge < -0.3 is 25.2 Å². The van der Waals surface area contributed by atoms with Crippen LogP contribution in [0.1, 0.15) is 17.3 Å². The highest BCUT2D eigenvalue weighted by atomic mass is 127. The minimum Gasteiger partial charge on any atom is -0.497 e. The van der Waals surface area contributed by atoms with Gasteiger partial charge >= 0.3 is 0 Å². The van der Waals surface area contributed by atoms with Crippen LogP contribution >= 0.6 is 24.0 Å². The summed E-state index contributed by atoms with van der Waals surface area (Å²) in [7, 11) is 1.69. The summed E-state index contributed by atoms with van der Waals surface area (Å²) in [6.07, 6.45) is 3.21. The third-order valence-corrected chi connectivity index (χ3v) is 4.92. The maximum Gasteiger partial charge on any atom is 0.252 e. The topological polar surface area (TPSA) is 82.1 Å². The zero-order chi connectivity index (χ0) is 21.2. The van der Waals surface area contributed by atoms with Gasteiger partial charge in [0, 0.05) is 63.4 Å². The van der Waals surface area contributed by atoms with Gasteiger partial charge in [-0.2, -0.15) is 0 Å². The smallest absolute Gasteiger partial charge is 0.252 e. The lowest BCUT2D eigenvalue weighted by atomic mass is 10.2. The molecule has 2 heterocycles. The first-order valence-electron chi connectivity index (χ1n) is 10.3. The number of carbonyl (C=O) groups excluding carboxylic acids is 1. The van der Waals surface area contributed by atoms with Gasteiger partial charge in [0.2, 0.25) is 0 Å². The van der Waals surface area contributed by atoms with Crippen molar-refractivity contribution < 1.29 is 9.53 Å². The molecule has 0 bridgehead atoms. The second-order valence-electron chi connectivity index (χ2n) is 6.91. The minimum absolute atomic E-state index is 0. The van der Waals surface area contributed by atoms with Crippen LogP contribution in [0.3, 0.4) is 0 Å². The predicted octanol–water partition coefficient (Wildman–Crippen LogP) is 2.23. The number of aliphatic imine (C=N–C) groups is 1. The molecule has 0 aliphatic carbocycles. The lowest BCUT2D eigenvalue weighted by Crippen LogP contribution is -2.52. The van der Waals surface area contributed by atoms with E-state index >= 15 is 0 Å². The number of piperazine rings is 1. The number of guanidine groups is 1. The standard InChI is InChI=1S/C22H30N6O2.HI/c1-3-24-22(26-11-10-25-21(29)18-6-5-9-23-17-18)28-14-12-27(13-15-28)19-7-4-8-20(16-19)30-2;/h4-9,16-17H,3,10-15H2,1-2H3,(H,24,26)(H,25,29);1H. The number of nitrogens with one attached hydrogen (secondary N) is 2. The molecule has 1 aromatic carbocycles. The summed E-state index contributed by atoms with van der Waals surface area (Å²) in [6, 6.07) is 11.7. The first-order valence-corrected chi connectivity index (χ1v) is 10.3. The Bertz CT molecular complexity index is 841. The zero-order valence-electron chi connectivity index (χ0n) is 18.1. The highest BCUT2D eigenvalue weighted by molar-refractivity contribution is 14.0. The van der Waals surface area contributed by atoms with Crippen LogP contribution in [-0.2, 0) is 0 Å². The fourth-order valence-electron chi connectivity index (χ4n) is 3.34. The lowest BCUT2D eigenvalue weighted by molar-refractivity contribution is 0.0954. The van der Waals surface area contributed by atoms with E-state index in [-0.39, 0.29) is 29.9 Å². The molecule has 9 heteroatoms. The Labute approximate surface area is 201 Å². The van der Waals surface area contributed by atoms with Gasteiger partial charge in [0.25, 0.3) is 5.91 Å². The summed E-state index contributed by atoms with van der Waals surface area (Å²) in [6.45, 7) is 7.45. The molecule has 1 saturated heterocycles. The number of benzene rings is 1. The second-order valence-corrected chi connectivity index (χ2v) is 6.91. The number of nitrogens with zero attached hydrogens (tertiary/aromatic N) is 4. The largest absolute Gasteiger partial charge is 0.497 e. The monoisotopic (exact) mass is 538 g/mol. The molecule has 0 atom stereocenters. The van der Waals surface area contributed by atoms with E-state index in [1.165, 1.54) is 5.69 Å². The molecule has 0 unspecified atom stereocenters. The van der Waals surface area contributed by atoms with Crippen molar-refractivity contribution in [2.24, 2.45) is 4.99 Å². The SMILES string of the molecule is CCNC(=NCCNC(=O)c1cccnc1)N1CCN(c2cccc(OC)c2)CC1.I. The third-order valence-electron chi connectivity index (χ3n) is 4.92. The van der Waals surface area contributed by atoms with E-state index in [9.17, 15) is 4.79 Å². The number of pyridine rings is 1. The van der Waals surface area contributed by atoms with Crippen LogP contribution in [0.2, 0.25) is 0 Å². The summed E-state index contributed by atoms with van der Waals surface area (Å²) in [5.74, 6) is 1.63. The van der Waals surface area contributed by atoms with Gasteiger partial charge in [-0.1, -0.05) is 6.07 Å². The number of ether oxygens (including phenoxy) is 1. The lowest BCUT2D eigenvalue weighted by Gasteiger charge is -2.37. The average Bonchev–Trinajstić information content (AvgIpc) is 2.81. The average molecular weight is 538 g/mol. The summed E-state index contributed by atoms with van der Waals surface area (Å²) in [4.78, 5) is 25.4. The highest BCUT2D eigenvalue weighted by Gasteiger charge is 2.20. The normalized spacial score (nSPS) is 13.9. The summed E-state index contributed by atoms with van der Waals surface area (Å²) in [5.41, 5.74) is 1.73. The Morgan fingerprint density at radius 3 is 2.65 bits per heavy atom. The van der Waals surface area contributed by atoms with Crippen molar-refractivity contribution in [3.8, 4) is 5.75 Å². The number of anilines is 1. The molecule has 1 aliphatic heterocycles. The number of hydrogen-bond donors (Lipinski definition) is 2. The van der Waals surface area contributed by atoms with Crippen molar-refractivity contribution in [2.75, 3.05) is 57.8 Å². The van der Waals surface area contributed by atoms with E-state index in [0.29, 0.717) is 18.7 Å². The van der Waals surface area contributed by atoms with Gasteiger partial charge in [0.1, 0.15) is 5.75 Å². The third kappa shape index (κ3) is 7.27. The molecule has 168 valence electrons. The number of aromatic nitrogens is 1. The zero-order valence-corrected chi connectivity index (χ0v) is 20.4. The molecule has 1 fully saturated rings. The van der Waals surface area contributed by atoms with Crippen LogP contribution in [0, 0.1) is 0 Å². The minimum atomic E-state index is -0.129. The Morgan fingerprint density at radius 1 is 1.16 bits per heavy atom. The molecule has 2 N–H and O–H groups in total. The Morgan fingerprint density at radius 2 is 1.97 bits per heavy atom. The maximum absolute atomic E-state index is 12.1. The van der Waals surface area contributed by atoms with Gasteiger partial charge in [0.15, 0.2) is 5.96 Å². The fraction of sp³-hybridized carbons (Fsp3) is 0.409. The molecule has 31 heavy (non-hydrogen) atoms. The van der Waals surface area contributed by atoms with E-state index in [1.807, 2.05) is 12.1 Å². The van der Waals surface area contributed by atoms with Crippen LogP contribution in [0.15, 0.2) is 53.8 Å². The van der Waals surface area contributed by atoms with E-state index in [1.54, 1.807) is 31.6 Å². The van der Waals surface area contributed by atoms with E-state index in [0.717, 1.165) is 44.4 Å². The molecule has 2 aromatic rings. The van der Waals surface area contributed by atoms with Crippen LogP contribution < -0.4 is 20.3 Å². The van der Waals surface area contributed by atoms with E-state index < -0.39 is 0 Å². The van der Waals surface area contributed by atoms with Gasteiger partial charge in [0.05, 0.1) is 19.2 Å². The number of rotatable bonds is 7. The first-order chi connectivity index (χ1) is 14.7. The molecule has 8 nitrogen and oxygen atoms in total. The summed E-state index contributed by atoms with van der Waals surface area (Å²) >= 11 is 0. The first kappa shape index (κ1) is 24.7. The van der Waals surface area contributed by atoms with Crippen molar-refractivity contribution in [1.29, 1.82) is 0 Å². The molecule has 0 radical (unpaired) electrons. The Balaban J connectivity index is 0.00000341. The van der Waals surface area contributed by atoms with Gasteiger partial charge in [-0.15, -0.1) is 24.0 Å². The molecular formula is C22H31IN6O2. The second kappa shape index (κ2) is 13.0. The predicted molar refractivity (Wildman–Crippen MR) is 135 cm³/mol. The number of amides is 1.